The van der Waals surface area contributed by atoms with E-state index in [1.165, 1.54) is 6.26 Å². The molecular formula is C13H8F3N5O. The van der Waals surface area contributed by atoms with E-state index in [2.05, 4.69) is 20.1 Å². The van der Waals surface area contributed by atoms with E-state index in [1.54, 1.807) is 25.1 Å². The lowest BCUT2D eigenvalue weighted by Gasteiger charge is -2.01. The molecule has 4 aromatic heterocycles. The number of aromatic amines is 1. The highest BCUT2D eigenvalue weighted by molar-refractivity contribution is 5.91. The van der Waals surface area contributed by atoms with Crippen LogP contribution in [0.25, 0.3) is 28.3 Å². The summed E-state index contributed by atoms with van der Waals surface area (Å²) >= 11 is 0. The third-order valence-electron chi connectivity index (χ3n) is 3.19. The standard InChI is InChI=1S/C13H8F3N5O/c1-6-5-7-9(17-6)18-11(8-3-2-4-22-8)21-10(7)19-12(20-21)13(14,15)16/h2-5,17H,1H3. The van der Waals surface area contributed by atoms with Crippen molar-refractivity contribution in [3.8, 4) is 11.6 Å². The van der Waals surface area contributed by atoms with Crippen LogP contribution in [-0.4, -0.2) is 24.6 Å². The Morgan fingerprint density at radius 2 is 2.09 bits per heavy atom. The number of fused-ring (bicyclic) bond motifs is 3. The number of alkyl halides is 3. The predicted octanol–water partition coefficient (Wildman–Crippen LogP) is 3.19. The van der Waals surface area contributed by atoms with Crippen molar-refractivity contribution in [3.05, 3.63) is 36.0 Å². The summed E-state index contributed by atoms with van der Waals surface area (Å²) in [5.74, 6) is -0.761. The Hall–Kier alpha value is -2.84. The van der Waals surface area contributed by atoms with Gasteiger partial charge in [-0.3, -0.25) is 0 Å². The highest BCUT2D eigenvalue weighted by Gasteiger charge is 2.37. The molecule has 0 fully saturated rings. The topological polar surface area (TPSA) is 72.0 Å². The van der Waals surface area contributed by atoms with Gasteiger partial charge in [-0.05, 0) is 25.1 Å². The number of nitrogens with zero attached hydrogens (tertiary/aromatic N) is 4. The summed E-state index contributed by atoms with van der Waals surface area (Å²) in [7, 11) is 0. The SMILES string of the molecule is Cc1cc2c(nc(-c3ccco3)n3nc(C(F)(F)F)nc23)[nH]1. The van der Waals surface area contributed by atoms with Gasteiger partial charge in [0, 0.05) is 5.69 Å². The van der Waals surface area contributed by atoms with E-state index < -0.39 is 12.0 Å². The molecular weight excluding hydrogens is 299 g/mol. The lowest BCUT2D eigenvalue weighted by molar-refractivity contribution is -0.144. The maximum Gasteiger partial charge on any atom is 0.453 e. The van der Waals surface area contributed by atoms with Gasteiger partial charge < -0.3 is 9.40 Å². The molecule has 4 aromatic rings. The second-order valence-corrected chi connectivity index (χ2v) is 4.80. The lowest BCUT2D eigenvalue weighted by atomic mass is 10.3. The zero-order valence-electron chi connectivity index (χ0n) is 11.1. The van der Waals surface area contributed by atoms with Crippen molar-refractivity contribution >= 4 is 16.7 Å². The van der Waals surface area contributed by atoms with Gasteiger partial charge in [0.15, 0.2) is 11.4 Å². The molecule has 0 aliphatic carbocycles. The van der Waals surface area contributed by atoms with Crippen LogP contribution in [0, 0.1) is 6.92 Å². The fourth-order valence-electron chi connectivity index (χ4n) is 2.31. The molecule has 112 valence electrons. The number of aromatic nitrogens is 5. The highest BCUT2D eigenvalue weighted by Crippen LogP contribution is 2.30. The monoisotopic (exact) mass is 307 g/mol. The molecule has 9 heteroatoms. The number of H-pyrrole nitrogens is 1. The van der Waals surface area contributed by atoms with Crippen molar-refractivity contribution in [2.75, 3.05) is 0 Å². The number of furan rings is 1. The van der Waals surface area contributed by atoms with E-state index in [0.717, 1.165) is 10.2 Å². The van der Waals surface area contributed by atoms with Crippen LogP contribution in [0.1, 0.15) is 11.5 Å². The summed E-state index contributed by atoms with van der Waals surface area (Å²) < 4.78 is 45.0. The Morgan fingerprint density at radius 3 is 2.77 bits per heavy atom. The number of hydrogen-bond donors (Lipinski definition) is 1. The van der Waals surface area contributed by atoms with Crippen LogP contribution in [0.4, 0.5) is 13.2 Å². The van der Waals surface area contributed by atoms with Gasteiger partial charge in [-0.15, -0.1) is 5.10 Å². The Balaban J connectivity index is 2.15. The van der Waals surface area contributed by atoms with Gasteiger partial charge in [0.25, 0.3) is 5.82 Å². The predicted molar refractivity (Wildman–Crippen MR) is 70.1 cm³/mol. The zero-order chi connectivity index (χ0) is 15.5. The minimum Gasteiger partial charge on any atom is -0.461 e. The summed E-state index contributed by atoms with van der Waals surface area (Å²) in [6.07, 6.45) is -3.22. The van der Waals surface area contributed by atoms with Crippen molar-refractivity contribution in [2.45, 2.75) is 13.1 Å². The first-order valence-electron chi connectivity index (χ1n) is 6.30. The molecule has 0 atom stereocenters. The van der Waals surface area contributed by atoms with E-state index in [1.807, 2.05) is 0 Å². The number of halogens is 3. The summed E-state index contributed by atoms with van der Waals surface area (Å²) in [6.45, 7) is 1.78. The molecule has 0 amide bonds. The van der Waals surface area contributed by atoms with Crippen LogP contribution >= 0.6 is 0 Å². The molecule has 0 radical (unpaired) electrons. The van der Waals surface area contributed by atoms with E-state index >= 15 is 0 Å². The van der Waals surface area contributed by atoms with Crippen LogP contribution < -0.4 is 0 Å². The number of hydrogen-bond acceptors (Lipinski definition) is 4. The second-order valence-electron chi connectivity index (χ2n) is 4.80. The Bertz CT molecular complexity index is 981. The first kappa shape index (κ1) is 12.9. The van der Waals surface area contributed by atoms with Crippen LogP contribution in [0.5, 0.6) is 0 Å². The third-order valence-corrected chi connectivity index (χ3v) is 3.19. The average Bonchev–Trinajstić information content (AvgIpc) is 3.14. The van der Waals surface area contributed by atoms with Crippen molar-refractivity contribution in [3.63, 3.8) is 0 Å². The molecule has 4 heterocycles. The van der Waals surface area contributed by atoms with Crippen molar-refractivity contribution in [1.29, 1.82) is 0 Å². The van der Waals surface area contributed by atoms with Gasteiger partial charge in [-0.2, -0.15) is 17.7 Å². The minimum absolute atomic E-state index is 0.0769. The number of rotatable bonds is 1. The molecule has 0 unspecified atom stereocenters. The summed E-state index contributed by atoms with van der Waals surface area (Å²) in [5, 5.41) is 4.01. The van der Waals surface area contributed by atoms with Gasteiger partial charge in [0.1, 0.15) is 5.65 Å². The van der Waals surface area contributed by atoms with Crippen molar-refractivity contribution in [1.82, 2.24) is 24.6 Å². The maximum atomic E-state index is 12.9. The van der Waals surface area contributed by atoms with Gasteiger partial charge >= 0.3 is 6.18 Å². The molecule has 0 aliphatic rings. The van der Waals surface area contributed by atoms with E-state index in [9.17, 15) is 13.2 Å². The van der Waals surface area contributed by atoms with Crippen LogP contribution in [0.15, 0.2) is 28.9 Å². The summed E-state index contributed by atoms with van der Waals surface area (Å²) in [6, 6.07) is 4.89. The molecule has 6 nitrogen and oxygen atoms in total. The molecule has 4 rings (SSSR count). The minimum atomic E-state index is -4.63. The fraction of sp³-hybridized carbons (Fsp3) is 0.154. The van der Waals surface area contributed by atoms with E-state index in [0.29, 0.717) is 16.8 Å². The quantitative estimate of drug-likeness (QED) is 0.586. The smallest absolute Gasteiger partial charge is 0.453 e. The van der Waals surface area contributed by atoms with E-state index in [4.69, 9.17) is 4.42 Å². The molecule has 0 aromatic carbocycles. The van der Waals surface area contributed by atoms with Crippen LogP contribution in [0.3, 0.4) is 0 Å². The lowest BCUT2D eigenvalue weighted by Crippen LogP contribution is -2.08. The second kappa shape index (κ2) is 4.09. The van der Waals surface area contributed by atoms with Crippen molar-refractivity contribution < 1.29 is 17.6 Å². The molecule has 22 heavy (non-hydrogen) atoms. The Morgan fingerprint density at radius 1 is 1.27 bits per heavy atom. The average molecular weight is 307 g/mol. The first-order chi connectivity index (χ1) is 10.4. The first-order valence-corrected chi connectivity index (χ1v) is 6.30. The molecule has 0 saturated carbocycles. The summed E-state index contributed by atoms with van der Waals surface area (Å²) in [5.41, 5.74) is 1.27. The van der Waals surface area contributed by atoms with Gasteiger partial charge in [-0.25, -0.2) is 9.97 Å². The van der Waals surface area contributed by atoms with Crippen molar-refractivity contribution in [2.24, 2.45) is 0 Å². The Kier molecular flexibility index (Phi) is 2.39. The Labute approximate surface area is 120 Å². The van der Waals surface area contributed by atoms with Crippen LogP contribution in [-0.2, 0) is 6.18 Å². The van der Waals surface area contributed by atoms with E-state index in [-0.39, 0.29) is 11.5 Å². The molecule has 0 bridgehead atoms. The zero-order valence-corrected chi connectivity index (χ0v) is 11.1. The summed E-state index contributed by atoms with van der Waals surface area (Å²) in [4.78, 5) is 10.9. The molecule has 0 aliphatic heterocycles. The number of nitrogens with one attached hydrogen (secondary N) is 1. The van der Waals surface area contributed by atoms with Gasteiger partial charge in [0.2, 0.25) is 5.82 Å². The highest BCUT2D eigenvalue weighted by atomic mass is 19.4. The molecule has 1 N–H and O–H groups in total. The number of aryl methyl sites for hydroxylation is 1. The van der Waals surface area contributed by atoms with Gasteiger partial charge in [-0.1, -0.05) is 0 Å². The molecule has 0 spiro atoms. The largest absolute Gasteiger partial charge is 0.461 e. The third kappa shape index (κ3) is 1.78. The van der Waals surface area contributed by atoms with Gasteiger partial charge in [0.05, 0.1) is 11.6 Å². The normalized spacial score (nSPS) is 12.5. The fourth-order valence-corrected chi connectivity index (χ4v) is 2.31. The van der Waals surface area contributed by atoms with Crippen LogP contribution in [0.2, 0.25) is 0 Å². The molecule has 0 saturated heterocycles. The maximum absolute atomic E-state index is 12.9.